The quantitative estimate of drug-likeness (QED) is 0.114. The van der Waals surface area contributed by atoms with Crippen LogP contribution in [0, 0.1) is 0 Å². The molecule has 0 unspecified atom stereocenters. The maximum atomic E-state index is 2.41. The SMILES string of the molecule is c1ccc(-c2c(-c3ccccc3)c(-c3ccc(S(c4ccccc4)(c4ccccc4)c4ccccc4)cc3)c3ccccc3c2-c2ccc(S(c3ccccc3)(c3ccccc3)c3ccccc3)cc2)cc1. The second-order valence-electron chi connectivity index (χ2n) is 17.9. The van der Waals surface area contributed by atoms with Crippen molar-refractivity contribution >= 4 is 30.8 Å². The molecule has 0 saturated heterocycles. The van der Waals surface area contributed by atoms with E-state index in [4.69, 9.17) is 0 Å². The van der Waals surface area contributed by atoms with Gasteiger partial charge >= 0.3 is 0 Å². The van der Waals surface area contributed by atoms with Crippen molar-refractivity contribution in [1.82, 2.24) is 0 Å². The van der Waals surface area contributed by atoms with Crippen molar-refractivity contribution < 1.29 is 0 Å². The Bertz CT molecular complexity index is 3270. The van der Waals surface area contributed by atoms with Crippen molar-refractivity contribution in [2.45, 2.75) is 39.2 Å². The van der Waals surface area contributed by atoms with E-state index in [1.165, 1.54) is 94.4 Å². The molecule has 0 bridgehead atoms. The minimum atomic E-state index is -1.87. The second-order valence-corrected chi connectivity index (χ2v) is 24.2. The van der Waals surface area contributed by atoms with Crippen LogP contribution in [0.5, 0.6) is 0 Å². The van der Waals surface area contributed by atoms with Gasteiger partial charge in [-0.1, -0.05) is 218 Å². The summed E-state index contributed by atoms with van der Waals surface area (Å²) in [7, 11) is -3.75. The van der Waals surface area contributed by atoms with E-state index in [-0.39, 0.29) is 0 Å². The summed E-state index contributed by atoms with van der Waals surface area (Å²) >= 11 is 0. The van der Waals surface area contributed by atoms with Crippen LogP contribution in [0.25, 0.3) is 55.3 Å². The summed E-state index contributed by atoms with van der Waals surface area (Å²) in [6.07, 6.45) is 0. The Morgan fingerprint density at radius 2 is 0.319 bits per heavy atom. The Balaban J connectivity index is 1.12. The van der Waals surface area contributed by atoms with E-state index in [2.05, 4.69) is 315 Å². The topological polar surface area (TPSA) is 0 Å². The molecule has 2 heteroatoms. The summed E-state index contributed by atoms with van der Waals surface area (Å²) in [6.45, 7) is 0. The van der Waals surface area contributed by atoms with E-state index in [1.54, 1.807) is 0 Å². The number of hydrogen-bond acceptors (Lipinski definition) is 0. The van der Waals surface area contributed by atoms with Gasteiger partial charge in [0.25, 0.3) is 0 Å². The van der Waals surface area contributed by atoms with E-state index >= 15 is 0 Å². The molecule has 12 rings (SSSR count). The van der Waals surface area contributed by atoms with Crippen LogP contribution in [-0.4, -0.2) is 0 Å². The summed E-state index contributed by atoms with van der Waals surface area (Å²) in [5.74, 6) is 0. The summed E-state index contributed by atoms with van der Waals surface area (Å²) in [5.41, 5.74) is 9.60. The number of rotatable bonds is 12. The second kappa shape index (κ2) is 19.8. The minimum absolute atomic E-state index is 1.18. The Morgan fingerprint density at radius 1 is 0.139 bits per heavy atom. The predicted molar refractivity (Wildman–Crippen MR) is 306 cm³/mol. The fourth-order valence-electron chi connectivity index (χ4n) is 10.9. The smallest absolute Gasteiger partial charge is 0.00233 e. The largest absolute Gasteiger partial charge is 0.133 e. The summed E-state index contributed by atoms with van der Waals surface area (Å²) < 4.78 is 0. The number of benzene rings is 12. The molecule has 0 aliphatic heterocycles. The zero-order valence-electron chi connectivity index (χ0n) is 39.8. The van der Waals surface area contributed by atoms with Crippen molar-refractivity contribution in [2.24, 2.45) is 0 Å². The molecule has 0 fully saturated rings. The maximum Gasteiger partial charge on any atom is 0.00233 e. The lowest BCUT2D eigenvalue weighted by atomic mass is 9.79. The van der Waals surface area contributed by atoms with Gasteiger partial charge in [-0.2, -0.15) is 0 Å². The molecule has 344 valence electrons. The van der Waals surface area contributed by atoms with Gasteiger partial charge in [-0.05, 0) is 152 Å². The van der Waals surface area contributed by atoms with Crippen molar-refractivity contribution in [3.8, 4) is 44.5 Å². The van der Waals surface area contributed by atoms with Gasteiger partial charge in [0.2, 0.25) is 0 Å². The van der Waals surface area contributed by atoms with Crippen molar-refractivity contribution in [3.05, 3.63) is 315 Å². The lowest BCUT2D eigenvalue weighted by Crippen LogP contribution is -2.05. The van der Waals surface area contributed by atoms with Gasteiger partial charge in [-0.25, -0.2) is 0 Å². The highest BCUT2D eigenvalue weighted by Crippen LogP contribution is 2.75. The Labute approximate surface area is 427 Å². The third-order valence-corrected chi connectivity index (χ3v) is 21.7. The first-order chi connectivity index (χ1) is 35.8. The van der Waals surface area contributed by atoms with Crippen LogP contribution in [0.4, 0.5) is 0 Å². The first-order valence-corrected chi connectivity index (χ1v) is 27.9. The highest BCUT2D eigenvalue weighted by molar-refractivity contribution is 8.34. The lowest BCUT2D eigenvalue weighted by molar-refractivity contribution is 1.24. The Hall–Kier alpha value is -8.40. The fraction of sp³-hybridized carbons (Fsp3) is 0. The maximum absolute atomic E-state index is 2.41. The number of hydrogen-bond donors (Lipinski definition) is 0. The van der Waals surface area contributed by atoms with Crippen LogP contribution in [0.3, 0.4) is 0 Å². The minimum Gasteiger partial charge on any atom is -0.133 e. The third-order valence-electron chi connectivity index (χ3n) is 13.9. The van der Waals surface area contributed by atoms with E-state index in [9.17, 15) is 0 Å². The predicted octanol–water partition coefficient (Wildman–Crippen LogP) is 20.2. The highest BCUT2D eigenvalue weighted by atomic mass is 32.3. The Kier molecular flexibility index (Phi) is 12.3. The molecule has 0 aliphatic carbocycles. The van der Waals surface area contributed by atoms with Crippen LogP contribution < -0.4 is 0 Å². The molecule has 0 aromatic heterocycles. The van der Waals surface area contributed by atoms with Crippen LogP contribution in [0.2, 0.25) is 0 Å². The molecule has 12 aromatic carbocycles. The summed E-state index contributed by atoms with van der Waals surface area (Å²) in [5, 5.41) is 2.43. The zero-order chi connectivity index (χ0) is 48.2. The monoisotopic (exact) mass is 956 g/mol. The van der Waals surface area contributed by atoms with E-state index in [1.807, 2.05) is 0 Å². The van der Waals surface area contributed by atoms with Gasteiger partial charge in [0, 0.05) is 39.2 Å². The molecule has 0 spiro atoms. The fourth-order valence-corrected chi connectivity index (χ4v) is 18.6. The first-order valence-electron chi connectivity index (χ1n) is 24.6. The van der Waals surface area contributed by atoms with Crippen molar-refractivity contribution in [1.29, 1.82) is 0 Å². The zero-order valence-corrected chi connectivity index (χ0v) is 41.5. The first kappa shape index (κ1) is 44.8. The summed E-state index contributed by atoms with van der Waals surface area (Å²) in [6, 6.07) is 117. The average molecular weight is 957 g/mol. The molecule has 72 heavy (non-hydrogen) atoms. The van der Waals surface area contributed by atoms with Gasteiger partial charge in [-0.3, -0.25) is 0 Å². The van der Waals surface area contributed by atoms with E-state index in [0.717, 1.165) is 0 Å². The van der Waals surface area contributed by atoms with Gasteiger partial charge in [0.1, 0.15) is 0 Å². The molecular formula is C70H52S2. The van der Waals surface area contributed by atoms with Gasteiger partial charge in [-0.15, -0.1) is 20.1 Å². The van der Waals surface area contributed by atoms with Crippen LogP contribution in [-0.2, 0) is 0 Å². The molecule has 0 atom stereocenters. The molecule has 0 radical (unpaired) electrons. The third kappa shape index (κ3) is 7.77. The molecule has 0 saturated carbocycles. The normalized spacial score (nSPS) is 12.1. The molecule has 0 N–H and O–H groups in total. The van der Waals surface area contributed by atoms with Gasteiger partial charge in [0.15, 0.2) is 0 Å². The lowest BCUT2D eigenvalue weighted by Gasteiger charge is -2.42. The Morgan fingerprint density at radius 3 is 0.556 bits per heavy atom. The van der Waals surface area contributed by atoms with Crippen LogP contribution in [0.15, 0.2) is 355 Å². The molecule has 0 heterocycles. The van der Waals surface area contributed by atoms with Crippen molar-refractivity contribution in [2.75, 3.05) is 0 Å². The average Bonchev–Trinajstić information content (AvgIpc) is 3.48. The van der Waals surface area contributed by atoms with Crippen LogP contribution in [0.1, 0.15) is 0 Å². The van der Waals surface area contributed by atoms with Gasteiger partial charge < -0.3 is 0 Å². The highest BCUT2D eigenvalue weighted by Gasteiger charge is 2.35. The molecule has 12 aromatic rings. The van der Waals surface area contributed by atoms with Gasteiger partial charge in [0.05, 0.1) is 0 Å². The summed E-state index contributed by atoms with van der Waals surface area (Å²) in [4.78, 5) is 10.4. The van der Waals surface area contributed by atoms with Crippen LogP contribution >= 0.6 is 20.1 Å². The molecule has 0 amide bonds. The number of fused-ring (bicyclic) bond motifs is 1. The molecule has 0 nitrogen and oxygen atoms in total. The molecule has 0 aliphatic rings. The standard InChI is InChI=1S/C70H52S2/c1-9-27-53(28-10-1)69-67(55-45-49-63(50-46-55)71(57-31-13-3-14-32-57,58-33-15-4-16-34-58)59-35-17-5-18-36-59)65-43-25-26-44-66(65)68(70(69)54-29-11-2-12-30-54)56-47-51-64(52-48-56)72(60-37-19-6-20-38-60,61-39-21-7-22-40-61)62-41-23-8-24-42-62/h1-52H. The van der Waals surface area contributed by atoms with E-state index < -0.39 is 20.1 Å². The van der Waals surface area contributed by atoms with Crippen molar-refractivity contribution in [3.63, 3.8) is 0 Å². The van der Waals surface area contributed by atoms with E-state index in [0.29, 0.717) is 0 Å². The molecular weight excluding hydrogens is 905 g/mol.